The minimum absolute atomic E-state index is 0.280. The Kier molecular flexibility index (Phi) is 7.94. The maximum Gasteiger partial charge on any atom is 0.338 e. The Morgan fingerprint density at radius 3 is 2.42 bits per heavy atom. The predicted octanol–water partition coefficient (Wildman–Crippen LogP) is 3.14. The van der Waals surface area contributed by atoms with Crippen LogP contribution in [0.3, 0.4) is 0 Å². The molecule has 31 heavy (non-hydrogen) atoms. The zero-order chi connectivity index (χ0) is 22.2. The van der Waals surface area contributed by atoms with Gasteiger partial charge in [0.15, 0.2) is 0 Å². The second kappa shape index (κ2) is 10.9. The molecule has 0 unspecified atom stereocenters. The van der Waals surface area contributed by atoms with Gasteiger partial charge in [-0.3, -0.25) is 4.79 Å². The Morgan fingerprint density at radius 2 is 1.81 bits per heavy atom. The van der Waals surface area contributed by atoms with Gasteiger partial charge in [0, 0.05) is 38.1 Å². The summed E-state index contributed by atoms with van der Waals surface area (Å²) in [6.45, 7) is 11.2. The highest BCUT2D eigenvalue weighted by Crippen LogP contribution is 2.16. The molecule has 3 rings (SSSR count). The van der Waals surface area contributed by atoms with Crippen LogP contribution in [0, 0.1) is 6.92 Å². The third kappa shape index (κ3) is 6.01. The first-order chi connectivity index (χ1) is 15.0. The Hall–Kier alpha value is -3.00. The van der Waals surface area contributed by atoms with E-state index in [9.17, 15) is 9.59 Å². The third-order valence-corrected chi connectivity index (χ3v) is 5.42. The van der Waals surface area contributed by atoms with Gasteiger partial charge in [0.1, 0.15) is 0 Å². The Balaban J connectivity index is 1.59. The van der Waals surface area contributed by atoms with E-state index in [-0.39, 0.29) is 11.9 Å². The van der Waals surface area contributed by atoms with Gasteiger partial charge in [0.2, 0.25) is 5.95 Å². The summed E-state index contributed by atoms with van der Waals surface area (Å²) in [4.78, 5) is 38.2. The number of likely N-dealkylation sites (N-methyl/N-ethyl adjacent to an activating group) is 1. The third-order valence-electron chi connectivity index (χ3n) is 5.42. The van der Waals surface area contributed by atoms with Crippen LogP contribution in [0.15, 0.2) is 30.5 Å². The number of aryl methyl sites for hydroxylation is 1. The van der Waals surface area contributed by atoms with Crippen molar-refractivity contribution >= 4 is 23.5 Å². The van der Waals surface area contributed by atoms with Crippen molar-refractivity contribution in [1.82, 2.24) is 14.9 Å². The van der Waals surface area contributed by atoms with Crippen LogP contribution in [0.4, 0.5) is 11.6 Å². The molecule has 1 aromatic heterocycles. The molecule has 166 valence electrons. The van der Waals surface area contributed by atoms with E-state index < -0.39 is 0 Å². The summed E-state index contributed by atoms with van der Waals surface area (Å²) in [5.74, 6) is 0.0276. The van der Waals surface area contributed by atoms with Crippen molar-refractivity contribution in [3.05, 3.63) is 47.3 Å². The number of esters is 1. The molecule has 0 radical (unpaired) electrons. The molecule has 2 heterocycles. The summed E-state index contributed by atoms with van der Waals surface area (Å²) in [6, 6.07) is 6.66. The van der Waals surface area contributed by atoms with Gasteiger partial charge < -0.3 is 19.9 Å². The number of aromatic nitrogens is 2. The highest BCUT2D eigenvalue weighted by atomic mass is 16.5. The van der Waals surface area contributed by atoms with Gasteiger partial charge in [0.25, 0.3) is 5.91 Å². The summed E-state index contributed by atoms with van der Waals surface area (Å²) >= 11 is 0. The molecule has 1 fully saturated rings. The van der Waals surface area contributed by atoms with Crippen LogP contribution in [0.1, 0.15) is 53.1 Å². The molecule has 0 spiro atoms. The summed E-state index contributed by atoms with van der Waals surface area (Å²) < 4.78 is 5.20. The van der Waals surface area contributed by atoms with E-state index in [1.807, 2.05) is 13.8 Å². The SMILES string of the molecule is CCCCOC(=O)c1ccc(NC(=O)c2cnc(N3CCN(CC)CC3)nc2C)cc1. The molecule has 2 aromatic rings. The van der Waals surface area contributed by atoms with Crippen LogP contribution in [0.5, 0.6) is 0 Å². The molecule has 0 bridgehead atoms. The monoisotopic (exact) mass is 425 g/mol. The molecule has 0 aliphatic carbocycles. The van der Waals surface area contributed by atoms with Gasteiger partial charge in [-0.15, -0.1) is 0 Å². The Bertz CT molecular complexity index is 893. The van der Waals surface area contributed by atoms with E-state index in [2.05, 4.69) is 32.0 Å². The van der Waals surface area contributed by atoms with E-state index in [1.54, 1.807) is 30.5 Å². The summed E-state index contributed by atoms with van der Waals surface area (Å²) in [6.07, 6.45) is 3.39. The van der Waals surface area contributed by atoms with Gasteiger partial charge in [0.05, 0.1) is 23.4 Å². The minimum Gasteiger partial charge on any atom is -0.462 e. The van der Waals surface area contributed by atoms with Crippen molar-refractivity contribution in [1.29, 1.82) is 0 Å². The first kappa shape index (κ1) is 22.7. The van der Waals surface area contributed by atoms with Crippen LogP contribution in [-0.2, 0) is 4.74 Å². The molecule has 1 aliphatic heterocycles. The fourth-order valence-electron chi connectivity index (χ4n) is 3.37. The highest BCUT2D eigenvalue weighted by molar-refractivity contribution is 6.05. The number of nitrogens with zero attached hydrogens (tertiary/aromatic N) is 4. The fourth-order valence-corrected chi connectivity index (χ4v) is 3.37. The summed E-state index contributed by atoms with van der Waals surface area (Å²) in [5.41, 5.74) is 2.12. The molecule has 0 atom stereocenters. The molecule has 0 saturated carbocycles. The van der Waals surface area contributed by atoms with Gasteiger partial charge in [-0.1, -0.05) is 20.3 Å². The van der Waals surface area contributed by atoms with Crippen LogP contribution in [-0.4, -0.2) is 66.1 Å². The maximum absolute atomic E-state index is 12.7. The lowest BCUT2D eigenvalue weighted by molar-refractivity contribution is 0.0499. The van der Waals surface area contributed by atoms with E-state index in [0.29, 0.717) is 35.1 Å². The molecule has 8 heteroatoms. The number of hydrogen-bond donors (Lipinski definition) is 1. The van der Waals surface area contributed by atoms with Crippen LogP contribution >= 0.6 is 0 Å². The molecular weight excluding hydrogens is 394 g/mol. The van der Waals surface area contributed by atoms with Crippen LogP contribution in [0.2, 0.25) is 0 Å². The van der Waals surface area contributed by atoms with E-state index in [1.165, 1.54) is 0 Å². The molecule has 1 N–H and O–H groups in total. The zero-order valence-electron chi connectivity index (χ0n) is 18.6. The van der Waals surface area contributed by atoms with E-state index in [4.69, 9.17) is 4.74 Å². The lowest BCUT2D eigenvalue weighted by atomic mass is 10.2. The number of carbonyl (C=O) groups excluding carboxylic acids is 2. The lowest BCUT2D eigenvalue weighted by Crippen LogP contribution is -2.46. The maximum atomic E-state index is 12.7. The fraction of sp³-hybridized carbons (Fsp3) is 0.478. The first-order valence-corrected chi connectivity index (χ1v) is 10.9. The number of anilines is 2. The van der Waals surface area contributed by atoms with Gasteiger partial charge in [-0.25, -0.2) is 14.8 Å². The first-order valence-electron chi connectivity index (χ1n) is 10.9. The number of ether oxygens (including phenoxy) is 1. The van der Waals surface area contributed by atoms with Crippen molar-refractivity contribution in [2.45, 2.75) is 33.6 Å². The average molecular weight is 426 g/mol. The van der Waals surface area contributed by atoms with Crippen molar-refractivity contribution in [3.8, 4) is 0 Å². The van der Waals surface area contributed by atoms with Crippen molar-refractivity contribution in [2.75, 3.05) is 49.5 Å². The van der Waals surface area contributed by atoms with Crippen molar-refractivity contribution < 1.29 is 14.3 Å². The number of unbranched alkanes of at least 4 members (excludes halogenated alkanes) is 1. The number of piperazine rings is 1. The number of amides is 1. The number of nitrogens with one attached hydrogen (secondary N) is 1. The Morgan fingerprint density at radius 1 is 1.10 bits per heavy atom. The highest BCUT2D eigenvalue weighted by Gasteiger charge is 2.20. The molecular formula is C23H31N5O3. The number of hydrogen-bond acceptors (Lipinski definition) is 7. The lowest BCUT2D eigenvalue weighted by Gasteiger charge is -2.34. The molecule has 8 nitrogen and oxygen atoms in total. The number of rotatable bonds is 8. The second-order valence-corrected chi connectivity index (χ2v) is 7.61. The smallest absolute Gasteiger partial charge is 0.338 e. The largest absolute Gasteiger partial charge is 0.462 e. The quantitative estimate of drug-likeness (QED) is 0.513. The summed E-state index contributed by atoms with van der Waals surface area (Å²) in [5, 5.41) is 2.84. The molecule has 1 aromatic carbocycles. The zero-order valence-corrected chi connectivity index (χ0v) is 18.6. The van der Waals surface area contributed by atoms with Gasteiger partial charge in [-0.2, -0.15) is 0 Å². The second-order valence-electron chi connectivity index (χ2n) is 7.61. The standard InChI is InChI=1S/C23H31N5O3/c1-4-6-15-31-22(30)18-7-9-19(10-8-18)26-21(29)20-16-24-23(25-17(20)3)28-13-11-27(5-2)12-14-28/h7-10,16H,4-6,11-15H2,1-3H3,(H,26,29). The van der Waals surface area contributed by atoms with Crippen molar-refractivity contribution in [2.24, 2.45) is 0 Å². The van der Waals surface area contributed by atoms with Gasteiger partial charge >= 0.3 is 5.97 Å². The minimum atomic E-state index is -0.356. The van der Waals surface area contributed by atoms with Gasteiger partial charge in [-0.05, 0) is 44.2 Å². The normalized spacial score (nSPS) is 14.4. The number of benzene rings is 1. The van der Waals surface area contributed by atoms with Crippen LogP contribution in [0.25, 0.3) is 0 Å². The Labute approximate surface area is 183 Å². The predicted molar refractivity (Wildman–Crippen MR) is 121 cm³/mol. The van der Waals surface area contributed by atoms with Crippen LogP contribution < -0.4 is 10.2 Å². The summed E-state index contributed by atoms with van der Waals surface area (Å²) in [7, 11) is 0. The van der Waals surface area contributed by atoms with Crippen molar-refractivity contribution in [3.63, 3.8) is 0 Å². The van der Waals surface area contributed by atoms with E-state index >= 15 is 0 Å². The van der Waals surface area contributed by atoms with E-state index in [0.717, 1.165) is 45.6 Å². The topological polar surface area (TPSA) is 87.7 Å². The molecule has 1 saturated heterocycles. The number of carbonyl (C=O) groups is 2. The molecule has 1 amide bonds. The molecule has 1 aliphatic rings. The average Bonchev–Trinajstić information content (AvgIpc) is 2.79.